The summed E-state index contributed by atoms with van der Waals surface area (Å²) in [7, 11) is -7.44. The van der Waals surface area contributed by atoms with E-state index in [9.17, 15) is 25.6 Å². The smallest absolute Gasteiger partial charge is 0.183 e. The summed E-state index contributed by atoms with van der Waals surface area (Å²) in [6.07, 6.45) is 0.500. The number of sulfone groups is 2. The van der Waals surface area contributed by atoms with Gasteiger partial charge in [0.2, 0.25) is 0 Å². The van der Waals surface area contributed by atoms with E-state index in [0.717, 1.165) is 29.8 Å². The SMILES string of the molecule is O=S1(=O)C[C@H](NCCc2ccc(F)cc2)[C@@H](S(=O)(=O)c2ccc(F)cc2)C1. The van der Waals surface area contributed by atoms with Gasteiger partial charge in [-0.2, -0.15) is 0 Å². The zero-order valence-corrected chi connectivity index (χ0v) is 15.9. The number of rotatable bonds is 6. The fourth-order valence-electron chi connectivity index (χ4n) is 3.16. The number of halogens is 2. The van der Waals surface area contributed by atoms with Crippen LogP contribution in [0.15, 0.2) is 53.4 Å². The van der Waals surface area contributed by atoms with Gasteiger partial charge in [0.15, 0.2) is 19.7 Å². The van der Waals surface area contributed by atoms with Crippen molar-refractivity contribution in [3.63, 3.8) is 0 Å². The van der Waals surface area contributed by atoms with E-state index in [1.165, 1.54) is 12.1 Å². The zero-order chi connectivity index (χ0) is 19.7. The first-order valence-corrected chi connectivity index (χ1v) is 11.7. The number of benzene rings is 2. The van der Waals surface area contributed by atoms with Crippen molar-refractivity contribution in [1.82, 2.24) is 5.32 Å². The van der Waals surface area contributed by atoms with Gasteiger partial charge in [0, 0.05) is 6.04 Å². The molecule has 1 heterocycles. The molecule has 1 aliphatic heterocycles. The Kier molecular flexibility index (Phi) is 5.64. The lowest BCUT2D eigenvalue weighted by Gasteiger charge is -2.20. The Hall–Kier alpha value is -1.84. The maximum absolute atomic E-state index is 13.1. The Labute approximate surface area is 157 Å². The minimum atomic E-state index is -3.93. The van der Waals surface area contributed by atoms with Crippen LogP contribution in [0.2, 0.25) is 0 Å². The molecule has 0 unspecified atom stereocenters. The Morgan fingerprint density at radius 1 is 0.926 bits per heavy atom. The molecule has 2 atom stereocenters. The van der Waals surface area contributed by atoms with Gasteiger partial charge in [-0.05, 0) is 54.9 Å². The summed E-state index contributed by atoms with van der Waals surface area (Å²) in [4.78, 5) is -0.101. The highest BCUT2D eigenvalue weighted by Crippen LogP contribution is 2.26. The third-order valence-corrected chi connectivity index (χ3v) is 8.74. The van der Waals surface area contributed by atoms with Gasteiger partial charge >= 0.3 is 0 Å². The van der Waals surface area contributed by atoms with Crippen LogP contribution >= 0.6 is 0 Å². The van der Waals surface area contributed by atoms with Crippen LogP contribution in [0.3, 0.4) is 0 Å². The van der Waals surface area contributed by atoms with Crippen molar-refractivity contribution in [3.05, 3.63) is 65.7 Å². The van der Waals surface area contributed by atoms with E-state index in [4.69, 9.17) is 0 Å². The molecule has 1 fully saturated rings. The summed E-state index contributed by atoms with van der Waals surface area (Å²) >= 11 is 0. The molecule has 0 amide bonds. The van der Waals surface area contributed by atoms with Crippen molar-refractivity contribution >= 4 is 19.7 Å². The van der Waals surface area contributed by atoms with Crippen molar-refractivity contribution in [2.45, 2.75) is 22.6 Å². The summed E-state index contributed by atoms with van der Waals surface area (Å²) in [5.74, 6) is -1.66. The van der Waals surface area contributed by atoms with E-state index in [0.29, 0.717) is 13.0 Å². The van der Waals surface area contributed by atoms with Gasteiger partial charge in [0.1, 0.15) is 11.6 Å². The van der Waals surface area contributed by atoms with Gasteiger partial charge in [-0.3, -0.25) is 0 Å². The lowest BCUT2D eigenvalue weighted by molar-refractivity contribution is 0.528. The Morgan fingerprint density at radius 2 is 1.48 bits per heavy atom. The van der Waals surface area contributed by atoms with Crippen molar-refractivity contribution in [2.24, 2.45) is 0 Å². The highest BCUT2D eigenvalue weighted by Gasteiger charge is 2.45. The third-order valence-electron chi connectivity index (χ3n) is 4.57. The number of nitrogens with one attached hydrogen (secondary N) is 1. The summed E-state index contributed by atoms with van der Waals surface area (Å²) < 4.78 is 75.8. The number of hydrogen-bond donors (Lipinski definition) is 1. The molecular weight excluding hydrogens is 396 g/mol. The van der Waals surface area contributed by atoms with E-state index in [1.54, 1.807) is 12.1 Å². The predicted octanol–water partition coefficient (Wildman–Crippen LogP) is 1.74. The zero-order valence-electron chi connectivity index (χ0n) is 14.3. The van der Waals surface area contributed by atoms with Gasteiger partial charge < -0.3 is 5.32 Å². The normalized spacial score (nSPS) is 22.0. The molecule has 0 aromatic heterocycles. The Morgan fingerprint density at radius 3 is 2.07 bits per heavy atom. The van der Waals surface area contributed by atoms with Gasteiger partial charge in [-0.15, -0.1) is 0 Å². The second-order valence-corrected chi connectivity index (χ2v) is 10.9. The highest BCUT2D eigenvalue weighted by molar-refractivity contribution is 7.96. The molecule has 0 saturated carbocycles. The van der Waals surface area contributed by atoms with E-state index in [1.807, 2.05) is 0 Å². The molecule has 3 rings (SSSR count). The fourth-order valence-corrected chi connectivity index (χ4v) is 7.88. The lowest BCUT2D eigenvalue weighted by atomic mass is 10.1. The molecule has 2 aromatic carbocycles. The van der Waals surface area contributed by atoms with Gasteiger partial charge in [0.25, 0.3) is 0 Å². The van der Waals surface area contributed by atoms with E-state index < -0.39 is 42.5 Å². The summed E-state index contributed by atoms with van der Waals surface area (Å²) in [5.41, 5.74) is 0.850. The molecule has 1 aliphatic rings. The van der Waals surface area contributed by atoms with Gasteiger partial charge in [-0.25, -0.2) is 25.6 Å². The minimum Gasteiger partial charge on any atom is -0.311 e. The Balaban J connectivity index is 1.74. The molecular formula is C18H19F2NO4S2. The van der Waals surface area contributed by atoms with Crippen LogP contribution in [-0.2, 0) is 26.1 Å². The van der Waals surface area contributed by atoms with Crippen LogP contribution in [0.1, 0.15) is 5.56 Å². The maximum Gasteiger partial charge on any atom is 0.183 e. The first-order chi connectivity index (χ1) is 12.7. The van der Waals surface area contributed by atoms with E-state index in [2.05, 4.69) is 5.32 Å². The second kappa shape index (κ2) is 7.65. The molecule has 1 N–H and O–H groups in total. The van der Waals surface area contributed by atoms with Crippen LogP contribution in [0, 0.1) is 11.6 Å². The molecule has 0 spiro atoms. The fraction of sp³-hybridized carbons (Fsp3) is 0.333. The quantitative estimate of drug-likeness (QED) is 0.727. The maximum atomic E-state index is 13.1. The van der Waals surface area contributed by atoms with Crippen LogP contribution in [0.4, 0.5) is 8.78 Å². The summed E-state index contributed by atoms with van der Waals surface area (Å²) in [5, 5.41) is 1.87. The standard InChI is InChI=1S/C18H19F2NO4S2/c19-14-3-1-13(2-4-14)9-10-21-17-11-26(22,23)12-18(17)27(24,25)16-7-5-15(20)6-8-16/h1-8,17-18,21H,9-12H2/t17-,18-/m0/s1. The molecule has 2 aromatic rings. The predicted molar refractivity (Wildman–Crippen MR) is 97.9 cm³/mol. The molecule has 0 bridgehead atoms. The largest absolute Gasteiger partial charge is 0.311 e. The van der Waals surface area contributed by atoms with Crippen molar-refractivity contribution in [2.75, 3.05) is 18.1 Å². The van der Waals surface area contributed by atoms with E-state index in [-0.39, 0.29) is 16.5 Å². The average molecular weight is 415 g/mol. The van der Waals surface area contributed by atoms with Gasteiger partial charge in [-0.1, -0.05) is 12.1 Å². The van der Waals surface area contributed by atoms with Crippen molar-refractivity contribution in [1.29, 1.82) is 0 Å². The Bertz CT molecular complexity index is 1000. The van der Waals surface area contributed by atoms with Crippen LogP contribution in [-0.4, -0.2) is 46.2 Å². The van der Waals surface area contributed by atoms with Crippen molar-refractivity contribution in [3.8, 4) is 0 Å². The van der Waals surface area contributed by atoms with Gasteiger partial charge in [0.05, 0.1) is 21.7 Å². The molecule has 146 valence electrons. The van der Waals surface area contributed by atoms with Crippen LogP contribution in [0.25, 0.3) is 0 Å². The number of hydrogen-bond acceptors (Lipinski definition) is 5. The molecule has 27 heavy (non-hydrogen) atoms. The molecule has 0 aliphatic carbocycles. The molecule has 0 radical (unpaired) electrons. The second-order valence-electron chi connectivity index (χ2n) is 6.55. The summed E-state index contributed by atoms with van der Waals surface area (Å²) in [6.45, 7) is 0.348. The van der Waals surface area contributed by atoms with Crippen molar-refractivity contribution < 1.29 is 25.6 Å². The molecule has 5 nitrogen and oxygen atoms in total. The van der Waals surface area contributed by atoms with Crippen LogP contribution in [0.5, 0.6) is 0 Å². The van der Waals surface area contributed by atoms with E-state index >= 15 is 0 Å². The molecule has 9 heteroatoms. The lowest BCUT2D eigenvalue weighted by Crippen LogP contribution is -2.44. The first-order valence-electron chi connectivity index (χ1n) is 8.35. The first kappa shape index (κ1) is 19.9. The molecule has 1 saturated heterocycles. The monoisotopic (exact) mass is 415 g/mol. The highest BCUT2D eigenvalue weighted by atomic mass is 32.2. The van der Waals surface area contributed by atoms with Crippen LogP contribution < -0.4 is 5.32 Å². The average Bonchev–Trinajstić information content (AvgIpc) is 2.92. The third kappa shape index (κ3) is 4.72. The minimum absolute atomic E-state index is 0.101. The topological polar surface area (TPSA) is 80.3 Å². The summed E-state index contributed by atoms with van der Waals surface area (Å²) in [6, 6.07) is 9.50.